The number of amides is 1. The van der Waals surface area contributed by atoms with Crippen LogP contribution in [0.25, 0.3) is 11.0 Å². The zero-order chi connectivity index (χ0) is 16.8. The van der Waals surface area contributed by atoms with Gasteiger partial charge in [-0.3, -0.25) is 4.79 Å². The van der Waals surface area contributed by atoms with Crippen molar-refractivity contribution in [3.8, 4) is 0 Å². The lowest BCUT2D eigenvalue weighted by Crippen LogP contribution is -2.46. The molecular weight excluding hydrogens is 313 g/mol. The number of hydrogen-bond donors (Lipinski definition) is 2. The third-order valence-electron chi connectivity index (χ3n) is 5.33. The molecule has 126 valence electrons. The second-order valence-corrected chi connectivity index (χ2v) is 6.67. The lowest BCUT2D eigenvalue weighted by Gasteiger charge is -2.33. The molecule has 1 aromatic carbocycles. The molecule has 2 heterocycles. The van der Waals surface area contributed by atoms with Gasteiger partial charge in [-0.2, -0.15) is 0 Å². The van der Waals surface area contributed by atoms with Crippen molar-refractivity contribution in [3.05, 3.63) is 29.8 Å². The molecule has 4 rings (SSSR count). The van der Waals surface area contributed by atoms with E-state index in [1.54, 1.807) is 0 Å². The van der Waals surface area contributed by atoms with Crippen molar-refractivity contribution in [2.45, 2.75) is 44.2 Å². The number of aromatic amines is 1. The van der Waals surface area contributed by atoms with E-state index < -0.39 is 23.7 Å². The van der Waals surface area contributed by atoms with Crippen LogP contribution in [0.15, 0.2) is 18.5 Å². The number of aromatic nitrogens is 2. The van der Waals surface area contributed by atoms with Gasteiger partial charge in [0.15, 0.2) is 0 Å². The number of nitrogens with zero attached hydrogens (tertiary/aromatic N) is 2. The average molecular weight is 331 g/mol. The van der Waals surface area contributed by atoms with E-state index in [1.807, 2.05) is 0 Å². The average Bonchev–Trinajstić information content (AvgIpc) is 3.17. The molecule has 2 aromatic rings. The Morgan fingerprint density at radius 1 is 1.29 bits per heavy atom. The van der Waals surface area contributed by atoms with E-state index in [4.69, 9.17) is 0 Å². The highest BCUT2D eigenvalue weighted by Crippen LogP contribution is 2.41. The maximum atomic E-state index is 13.9. The van der Waals surface area contributed by atoms with Crippen LogP contribution < -0.4 is 0 Å². The van der Waals surface area contributed by atoms with Crippen LogP contribution in [0.2, 0.25) is 0 Å². The number of aliphatic carboxylic acids is 1. The minimum atomic E-state index is -0.993. The molecule has 1 aliphatic heterocycles. The van der Waals surface area contributed by atoms with Gasteiger partial charge in [0.2, 0.25) is 0 Å². The zero-order valence-corrected chi connectivity index (χ0v) is 13.0. The number of carboxylic acid groups (broad SMARTS) is 1. The molecule has 0 radical (unpaired) electrons. The molecule has 1 aromatic heterocycles. The molecule has 3 atom stereocenters. The summed E-state index contributed by atoms with van der Waals surface area (Å²) in [5, 5.41) is 9.56. The van der Waals surface area contributed by atoms with E-state index in [1.165, 1.54) is 17.3 Å². The van der Waals surface area contributed by atoms with Gasteiger partial charge in [-0.05, 0) is 37.3 Å². The summed E-state index contributed by atoms with van der Waals surface area (Å²) >= 11 is 0. The Kier molecular flexibility index (Phi) is 3.51. The third-order valence-corrected chi connectivity index (χ3v) is 5.33. The fourth-order valence-electron chi connectivity index (χ4n) is 4.29. The highest BCUT2D eigenvalue weighted by atomic mass is 19.1. The van der Waals surface area contributed by atoms with Crippen molar-refractivity contribution in [1.29, 1.82) is 0 Å². The van der Waals surface area contributed by atoms with Crippen LogP contribution in [0.1, 0.15) is 42.5 Å². The maximum Gasteiger partial charge on any atom is 0.326 e. The number of likely N-dealkylation sites (tertiary alicyclic amines) is 1. The number of nitrogens with one attached hydrogen (secondary N) is 1. The number of carbonyl (C=O) groups excluding carboxylic acids is 1. The minimum absolute atomic E-state index is 0.0791. The van der Waals surface area contributed by atoms with Crippen LogP contribution in [0, 0.1) is 11.7 Å². The number of halogens is 1. The van der Waals surface area contributed by atoms with E-state index in [-0.39, 0.29) is 17.5 Å². The minimum Gasteiger partial charge on any atom is -0.480 e. The maximum absolute atomic E-state index is 13.9. The summed E-state index contributed by atoms with van der Waals surface area (Å²) in [6.45, 7) is 0. The van der Waals surface area contributed by atoms with Crippen molar-refractivity contribution < 1.29 is 19.1 Å². The largest absolute Gasteiger partial charge is 0.480 e. The standard InChI is InChI=1S/C17H18FN3O3/c18-10-6-11(15-12(7-10)19-8-20-15)16(22)21-13-4-2-1-3-9(13)5-14(21)17(23)24/h6-9,13-14H,1-5H2,(H,19,20)(H,23,24)/t9-,13+,14-/m0/s1. The fraction of sp³-hybridized carbons (Fsp3) is 0.471. The number of H-pyrrole nitrogens is 1. The molecule has 1 amide bonds. The quantitative estimate of drug-likeness (QED) is 0.885. The molecule has 7 heteroatoms. The molecular formula is C17H18FN3O3. The number of benzene rings is 1. The first-order chi connectivity index (χ1) is 11.6. The summed E-state index contributed by atoms with van der Waals surface area (Å²) in [5.74, 6) is -1.76. The molecule has 0 unspecified atom stereocenters. The first kappa shape index (κ1) is 15.1. The number of carboxylic acids is 1. The van der Waals surface area contributed by atoms with Gasteiger partial charge in [0.25, 0.3) is 5.91 Å². The summed E-state index contributed by atoms with van der Waals surface area (Å²) in [6.07, 6.45) is 5.68. The summed E-state index contributed by atoms with van der Waals surface area (Å²) in [4.78, 5) is 33.2. The summed E-state index contributed by atoms with van der Waals surface area (Å²) in [7, 11) is 0. The molecule has 1 saturated carbocycles. The normalized spacial score (nSPS) is 26.5. The van der Waals surface area contributed by atoms with E-state index in [0.717, 1.165) is 31.7 Å². The molecule has 1 aliphatic carbocycles. The molecule has 2 aliphatic rings. The van der Waals surface area contributed by atoms with Gasteiger partial charge in [0.05, 0.1) is 17.4 Å². The molecule has 2 fully saturated rings. The van der Waals surface area contributed by atoms with E-state index in [0.29, 0.717) is 17.5 Å². The van der Waals surface area contributed by atoms with Gasteiger partial charge in [0.1, 0.15) is 17.4 Å². The highest BCUT2D eigenvalue weighted by molar-refractivity contribution is 6.06. The van der Waals surface area contributed by atoms with Crippen LogP contribution >= 0.6 is 0 Å². The number of carbonyl (C=O) groups is 2. The lowest BCUT2D eigenvalue weighted by atomic mass is 9.84. The predicted molar refractivity (Wildman–Crippen MR) is 84.0 cm³/mol. The van der Waals surface area contributed by atoms with Gasteiger partial charge in [-0.15, -0.1) is 0 Å². The Balaban J connectivity index is 1.78. The van der Waals surface area contributed by atoms with E-state index in [2.05, 4.69) is 9.97 Å². The molecule has 0 spiro atoms. The Labute approximate surface area is 137 Å². The van der Waals surface area contributed by atoms with Crippen molar-refractivity contribution >= 4 is 22.9 Å². The lowest BCUT2D eigenvalue weighted by molar-refractivity contribution is -0.141. The van der Waals surface area contributed by atoms with Crippen molar-refractivity contribution in [2.24, 2.45) is 5.92 Å². The first-order valence-electron chi connectivity index (χ1n) is 8.24. The number of fused-ring (bicyclic) bond motifs is 2. The van der Waals surface area contributed by atoms with Gasteiger partial charge < -0.3 is 15.0 Å². The smallest absolute Gasteiger partial charge is 0.326 e. The fourth-order valence-corrected chi connectivity index (χ4v) is 4.29. The van der Waals surface area contributed by atoms with Crippen LogP contribution in [0.5, 0.6) is 0 Å². The monoisotopic (exact) mass is 331 g/mol. The van der Waals surface area contributed by atoms with Crippen LogP contribution in [0.3, 0.4) is 0 Å². The molecule has 1 saturated heterocycles. The van der Waals surface area contributed by atoms with Crippen LogP contribution in [0.4, 0.5) is 4.39 Å². The molecule has 0 bridgehead atoms. The van der Waals surface area contributed by atoms with Gasteiger partial charge >= 0.3 is 5.97 Å². The summed E-state index contributed by atoms with van der Waals surface area (Å²) in [5.41, 5.74) is 0.943. The topological polar surface area (TPSA) is 86.3 Å². The van der Waals surface area contributed by atoms with Crippen LogP contribution in [-0.2, 0) is 4.79 Å². The van der Waals surface area contributed by atoms with Crippen molar-refractivity contribution in [3.63, 3.8) is 0 Å². The SMILES string of the molecule is O=C(O)[C@@H]1C[C@@H]2CCCC[C@H]2N1C(=O)c1cc(F)cc2[nH]cnc12. The summed E-state index contributed by atoms with van der Waals surface area (Å²) in [6, 6.07) is 1.51. The Morgan fingerprint density at radius 2 is 2.08 bits per heavy atom. The number of hydrogen-bond acceptors (Lipinski definition) is 3. The number of imidazole rings is 1. The first-order valence-corrected chi connectivity index (χ1v) is 8.24. The molecule has 2 N–H and O–H groups in total. The van der Waals surface area contributed by atoms with E-state index >= 15 is 0 Å². The highest BCUT2D eigenvalue weighted by Gasteiger charge is 2.48. The second-order valence-electron chi connectivity index (χ2n) is 6.67. The predicted octanol–water partition coefficient (Wildman–Crippen LogP) is 2.56. The number of rotatable bonds is 2. The summed E-state index contributed by atoms with van der Waals surface area (Å²) < 4.78 is 13.9. The van der Waals surface area contributed by atoms with Gasteiger partial charge in [-0.1, -0.05) is 12.8 Å². The Hall–Kier alpha value is -2.44. The Morgan fingerprint density at radius 3 is 2.88 bits per heavy atom. The van der Waals surface area contributed by atoms with Crippen LogP contribution in [-0.4, -0.2) is 43.9 Å². The van der Waals surface area contributed by atoms with Gasteiger partial charge in [-0.25, -0.2) is 14.2 Å². The Bertz CT molecular complexity index is 819. The molecule has 24 heavy (non-hydrogen) atoms. The third kappa shape index (κ3) is 2.26. The van der Waals surface area contributed by atoms with E-state index in [9.17, 15) is 19.1 Å². The van der Waals surface area contributed by atoms with Crippen molar-refractivity contribution in [1.82, 2.24) is 14.9 Å². The zero-order valence-electron chi connectivity index (χ0n) is 13.0. The molecule has 6 nitrogen and oxygen atoms in total. The van der Waals surface area contributed by atoms with Crippen molar-refractivity contribution in [2.75, 3.05) is 0 Å². The van der Waals surface area contributed by atoms with Gasteiger partial charge in [0, 0.05) is 6.04 Å². The second kappa shape index (κ2) is 5.58.